The second-order valence-electron chi connectivity index (χ2n) is 7.84. The summed E-state index contributed by atoms with van der Waals surface area (Å²) in [4.78, 5) is 28.1. The van der Waals surface area contributed by atoms with E-state index in [9.17, 15) is 23.3 Å². The van der Waals surface area contributed by atoms with Gasteiger partial charge in [0.1, 0.15) is 0 Å². The largest absolute Gasteiger partial charge is 0.304 e. The molecule has 3 aromatic rings. The molecule has 0 unspecified atom stereocenters. The highest BCUT2D eigenvalue weighted by atomic mass is 32.2. The second kappa shape index (κ2) is 9.89. The van der Waals surface area contributed by atoms with Crippen molar-refractivity contribution in [3.8, 4) is 12.3 Å². The predicted molar refractivity (Wildman–Crippen MR) is 129 cm³/mol. The lowest BCUT2D eigenvalue weighted by Crippen LogP contribution is -2.31. The number of terminal acetylenes is 1. The number of non-ortho nitro benzene ring substituents is 1. The molecular formula is C23H22N4O5S2. The number of hydrogen-bond donors (Lipinski definition) is 0. The van der Waals surface area contributed by atoms with Gasteiger partial charge in [0, 0.05) is 30.8 Å². The summed E-state index contributed by atoms with van der Waals surface area (Å²) in [6.45, 7) is 1.08. The van der Waals surface area contributed by atoms with Gasteiger partial charge in [-0.2, -0.15) is 9.30 Å². The van der Waals surface area contributed by atoms with Crippen LogP contribution in [0.3, 0.4) is 0 Å². The first-order valence-corrected chi connectivity index (χ1v) is 13.0. The monoisotopic (exact) mass is 498 g/mol. The molecule has 11 heteroatoms. The molecule has 2 heterocycles. The van der Waals surface area contributed by atoms with Crippen LogP contribution in [0, 0.1) is 22.5 Å². The Bertz CT molecular complexity index is 1460. The van der Waals surface area contributed by atoms with Gasteiger partial charge in [0.2, 0.25) is 10.0 Å². The second-order valence-corrected chi connectivity index (χ2v) is 10.8. The molecule has 0 N–H and O–H groups in total. The summed E-state index contributed by atoms with van der Waals surface area (Å²) in [5.41, 5.74) is 0.656. The third kappa shape index (κ3) is 4.79. The number of rotatable bonds is 5. The summed E-state index contributed by atoms with van der Waals surface area (Å²) in [5.74, 6) is 1.92. The van der Waals surface area contributed by atoms with Gasteiger partial charge in [0.05, 0.1) is 26.6 Å². The van der Waals surface area contributed by atoms with Crippen LogP contribution < -0.4 is 4.80 Å². The maximum atomic E-state index is 13.0. The minimum absolute atomic E-state index is 0.0836. The molecule has 0 saturated carbocycles. The fraction of sp³-hybridized carbons (Fsp3) is 0.304. The van der Waals surface area contributed by atoms with Crippen LogP contribution in [0.5, 0.6) is 0 Å². The molecule has 4 rings (SSSR count). The van der Waals surface area contributed by atoms with Gasteiger partial charge in [-0.15, -0.1) is 6.42 Å². The van der Waals surface area contributed by atoms with Crippen molar-refractivity contribution in [3.63, 3.8) is 0 Å². The molecule has 1 amide bonds. The summed E-state index contributed by atoms with van der Waals surface area (Å²) in [6, 6.07) is 10.1. The molecule has 0 radical (unpaired) electrons. The van der Waals surface area contributed by atoms with E-state index in [1.807, 2.05) is 0 Å². The molecule has 0 bridgehead atoms. The smallest absolute Gasteiger partial charge is 0.279 e. The third-order valence-electron chi connectivity index (χ3n) is 5.63. The van der Waals surface area contributed by atoms with Crippen molar-refractivity contribution in [2.45, 2.75) is 37.1 Å². The first kappa shape index (κ1) is 23.8. The number of aromatic nitrogens is 1. The summed E-state index contributed by atoms with van der Waals surface area (Å²) in [6.07, 6.45) is 9.18. The normalized spacial score (nSPS) is 15.7. The van der Waals surface area contributed by atoms with E-state index in [4.69, 9.17) is 6.42 Å². The molecule has 1 aromatic heterocycles. The van der Waals surface area contributed by atoms with E-state index in [0.717, 1.165) is 25.7 Å². The van der Waals surface area contributed by atoms with Crippen LogP contribution >= 0.6 is 11.3 Å². The first-order valence-electron chi connectivity index (χ1n) is 10.7. The van der Waals surface area contributed by atoms with Crippen LogP contribution in [-0.2, 0) is 16.6 Å². The average Bonchev–Trinajstić information content (AvgIpc) is 2.99. The van der Waals surface area contributed by atoms with Gasteiger partial charge in [-0.3, -0.25) is 14.9 Å². The third-order valence-corrected chi connectivity index (χ3v) is 8.60. The van der Waals surface area contributed by atoms with E-state index < -0.39 is 20.9 Å². The maximum absolute atomic E-state index is 13.0. The lowest BCUT2D eigenvalue weighted by molar-refractivity contribution is -0.384. The van der Waals surface area contributed by atoms with Gasteiger partial charge < -0.3 is 4.57 Å². The molecule has 9 nitrogen and oxygen atoms in total. The van der Waals surface area contributed by atoms with Gasteiger partial charge in [-0.25, -0.2) is 8.42 Å². The van der Waals surface area contributed by atoms with E-state index in [1.165, 1.54) is 52.0 Å². The highest BCUT2D eigenvalue weighted by Gasteiger charge is 2.25. The molecule has 1 aliphatic rings. The molecule has 176 valence electrons. The van der Waals surface area contributed by atoms with E-state index in [1.54, 1.807) is 10.6 Å². The van der Waals surface area contributed by atoms with E-state index in [0.29, 0.717) is 28.1 Å². The summed E-state index contributed by atoms with van der Waals surface area (Å²) >= 11 is 1.19. The van der Waals surface area contributed by atoms with Crippen molar-refractivity contribution in [1.29, 1.82) is 0 Å². The zero-order valence-corrected chi connectivity index (χ0v) is 19.8. The minimum Gasteiger partial charge on any atom is -0.304 e. The number of carbonyl (C=O) groups is 1. The Morgan fingerprint density at radius 2 is 1.79 bits per heavy atom. The Hall–Kier alpha value is -3.33. The van der Waals surface area contributed by atoms with Crippen LogP contribution in [0.1, 0.15) is 36.0 Å². The van der Waals surface area contributed by atoms with Crippen molar-refractivity contribution in [2.75, 3.05) is 13.1 Å². The lowest BCUT2D eigenvalue weighted by atomic mass is 10.2. The molecule has 0 spiro atoms. The number of carbonyl (C=O) groups excluding carboxylic acids is 1. The van der Waals surface area contributed by atoms with Crippen LogP contribution in [0.4, 0.5) is 5.69 Å². The Balaban J connectivity index is 1.66. The Labute approximate surface area is 200 Å². The lowest BCUT2D eigenvalue weighted by Gasteiger charge is -2.19. The number of amides is 1. The molecule has 1 fully saturated rings. The Kier molecular flexibility index (Phi) is 6.92. The summed E-state index contributed by atoms with van der Waals surface area (Å²) in [5, 5.41) is 11.1. The fourth-order valence-corrected chi connectivity index (χ4v) is 6.38. The van der Waals surface area contributed by atoms with Crippen LogP contribution in [0.15, 0.2) is 52.4 Å². The first-order chi connectivity index (χ1) is 16.3. The van der Waals surface area contributed by atoms with Gasteiger partial charge in [-0.05, 0) is 43.2 Å². The molecular weight excluding hydrogens is 476 g/mol. The minimum atomic E-state index is -3.62. The van der Waals surface area contributed by atoms with E-state index in [2.05, 4.69) is 10.9 Å². The number of nitro groups is 1. The zero-order chi connectivity index (χ0) is 24.3. The molecule has 0 aliphatic carbocycles. The number of hydrogen-bond acceptors (Lipinski definition) is 6. The molecule has 1 aliphatic heterocycles. The van der Waals surface area contributed by atoms with Crippen LogP contribution in [-0.4, -0.2) is 41.2 Å². The van der Waals surface area contributed by atoms with Crippen molar-refractivity contribution >= 4 is 43.2 Å². The van der Waals surface area contributed by atoms with Crippen molar-refractivity contribution in [2.24, 2.45) is 4.99 Å². The van der Waals surface area contributed by atoms with Gasteiger partial charge in [0.15, 0.2) is 4.80 Å². The number of benzene rings is 2. The zero-order valence-electron chi connectivity index (χ0n) is 18.2. The van der Waals surface area contributed by atoms with Crippen molar-refractivity contribution in [3.05, 3.63) is 62.9 Å². The molecule has 34 heavy (non-hydrogen) atoms. The molecule has 0 atom stereocenters. The number of sulfonamides is 1. The van der Waals surface area contributed by atoms with Crippen LogP contribution in [0.25, 0.3) is 10.2 Å². The quantitative estimate of drug-likeness (QED) is 0.303. The highest BCUT2D eigenvalue weighted by Crippen LogP contribution is 2.24. The standard InChI is InChI=1S/C23H22N4O5S2/c1-2-13-26-20-16-18(27(29)30)9-12-21(20)33-23(26)24-22(28)17-7-10-19(11-8-17)34(31,32)25-14-5-3-4-6-15-25/h1,7-12,16H,3-6,13-15H2. The summed E-state index contributed by atoms with van der Waals surface area (Å²) in [7, 11) is -3.62. The van der Waals surface area contributed by atoms with Crippen LogP contribution in [0.2, 0.25) is 0 Å². The number of nitro benzene ring substituents is 1. The van der Waals surface area contributed by atoms with Gasteiger partial charge >= 0.3 is 0 Å². The summed E-state index contributed by atoms with van der Waals surface area (Å²) < 4.78 is 29.7. The molecule has 1 saturated heterocycles. The van der Waals surface area contributed by atoms with Crippen molar-refractivity contribution < 1.29 is 18.1 Å². The number of fused-ring (bicyclic) bond motifs is 1. The fourth-order valence-electron chi connectivity index (χ4n) is 3.85. The topological polar surface area (TPSA) is 115 Å². The predicted octanol–water partition coefficient (Wildman–Crippen LogP) is 3.55. The van der Waals surface area contributed by atoms with Gasteiger partial charge in [0.25, 0.3) is 11.6 Å². The SMILES string of the molecule is C#CCn1c(=NC(=O)c2ccc(S(=O)(=O)N3CCCCCC3)cc2)sc2ccc([N+](=O)[O-])cc21. The Morgan fingerprint density at radius 1 is 1.12 bits per heavy atom. The Morgan fingerprint density at radius 3 is 2.41 bits per heavy atom. The van der Waals surface area contributed by atoms with Gasteiger partial charge in [-0.1, -0.05) is 30.1 Å². The molecule has 2 aromatic carbocycles. The van der Waals surface area contributed by atoms with E-state index in [-0.39, 0.29) is 22.7 Å². The maximum Gasteiger partial charge on any atom is 0.279 e. The van der Waals surface area contributed by atoms with Crippen molar-refractivity contribution in [1.82, 2.24) is 8.87 Å². The van der Waals surface area contributed by atoms with E-state index >= 15 is 0 Å². The highest BCUT2D eigenvalue weighted by molar-refractivity contribution is 7.89. The average molecular weight is 499 g/mol. The number of thiazole rings is 1. The number of nitrogens with zero attached hydrogens (tertiary/aromatic N) is 4.